The molecule has 0 aliphatic carbocycles. The molecule has 4 heteroatoms. The van der Waals surface area contributed by atoms with E-state index in [4.69, 9.17) is 5.73 Å². The van der Waals surface area contributed by atoms with Crippen molar-refractivity contribution in [3.05, 3.63) is 71.3 Å². The average molecular weight is 462 g/mol. The monoisotopic (exact) mass is 461 g/mol. The van der Waals surface area contributed by atoms with Crippen LogP contribution in [-0.2, 0) is 6.42 Å². The molecule has 2 N–H and O–H groups in total. The van der Waals surface area contributed by atoms with Gasteiger partial charge in [-0.2, -0.15) is 0 Å². The molecule has 0 saturated carbocycles. The van der Waals surface area contributed by atoms with E-state index in [2.05, 4.69) is 48.0 Å². The first-order valence-electron chi connectivity index (χ1n) is 13.4. The molecule has 0 amide bonds. The van der Waals surface area contributed by atoms with Crippen LogP contribution in [0.1, 0.15) is 72.9 Å². The number of rotatable bonds is 9. The van der Waals surface area contributed by atoms with Crippen LogP contribution in [0.5, 0.6) is 0 Å². The number of carbonyl (C=O) groups excluding carboxylic acids is 1. The number of nitrogens with zero attached hydrogens (tertiary/aromatic N) is 2. The molecule has 1 atom stereocenters. The first-order chi connectivity index (χ1) is 16.5. The molecule has 2 saturated heterocycles. The summed E-state index contributed by atoms with van der Waals surface area (Å²) in [5, 5.41) is 0. The summed E-state index contributed by atoms with van der Waals surface area (Å²) in [5.41, 5.74) is 9.13. The van der Waals surface area contributed by atoms with E-state index in [1.165, 1.54) is 64.0 Å². The largest absolute Gasteiger partial charge is 0.318 e. The van der Waals surface area contributed by atoms with Crippen molar-refractivity contribution in [1.82, 2.24) is 9.80 Å². The van der Waals surface area contributed by atoms with Gasteiger partial charge in [-0.25, -0.2) is 0 Å². The van der Waals surface area contributed by atoms with E-state index in [1.54, 1.807) is 0 Å². The third-order valence-corrected chi connectivity index (χ3v) is 8.10. The molecule has 2 aliphatic rings. The third-order valence-electron chi connectivity index (χ3n) is 8.10. The number of benzene rings is 2. The highest BCUT2D eigenvalue weighted by atomic mass is 16.1. The summed E-state index contributed by atoms with van der Waals surface area (Å²) in [7, 11) is 2.24. The van der Waals surface area contributed by atoms with Gasteiger partial charge in [-0.3, -0.25) is 4.79 Å². The SMILES string of the molecule is CCCC(N)(Cc1ccccc1)C(=O)c1ccc(C2CCN(CC3CCN(C)CC3)CC2)cc1. The molecular formula is C30H43N3O. The van der Waals surface area contributed by atoms with E-state index < -0.39 is 5.54 Å². The number of Topliss-reactive ketones (excluding diaryl/α,β-unsaturated/α-hetero) is 1. The first-order valence-corrected chi connectivity index (χ1v) is 13.4. The van der Waals surface area contributed by atoms with Crippen molar-refractivity contribution in [3.63, 3.8) is 0 Å². The van der Waals surface area contributed by atoms with Gasteiger partial charge in [0.25, 0.3) is 0 Å². The van der Waals surface area contributed by atoms with Crippen LogP contribution in [0.15, 0.2) is 54.6 Å². The third kappa shape index (κ3) is 6.35. The van der Waals surface area contributed by atoms with Gasteiger partial charge >= 0.3 is 0 Å². The van der Waals surface area contributed by atoms with E-state index >= 15 is 0 Å². The minimum Gasteiger partial charge on any atom is -0.318 e. The van der Waals surface area contributed by atoms with E-state index in [0.29, 0.717) is 18.8 Å². The van der Waals surface area contributed by atoms with Gasteiger partial charge in [0.2, 0.25) is 0 Å². The Morgan fingerprint density at radius 3 is 2.21 bits per heavy atom. The Kier molecular flexibility index (Phi) is 8.57. The number of hydrogen-bond acceptors (Lipinski definition) is 4. The van der Waals surface area contributed by atoms with Gasteiger partial charge in [-0.15, -0.1) is 0 Å². The van der Waals surface area contributed by atoms with Gasteiger partial charge in [0.1, 0.15) is 0 Å². The minimum absolute atomic E-state index is 0.0673. The molecule has 2 fully saturated rings. The first kappa shape index (κ1) is 25.1. The quantitative estimate of drug-likeness (QED) is 0.526. The van der Waals surface area contributed by atoms with Gasteiger partial charge in [-0.05, 0) is 94.7 Å². The fourth-order valence-corrected chi connectivity index (χ4v) is 5.94. The molecule has 2 aromatic carbocycles. The molecule has 0 spiro atoms. The summed E-state index contributed by atoms with van der Waals surface area (Å²) in [4.78, 5) is 18.6. The van der Waals surface area contributed by atoms with E-state index in [-0.39, 0.29) is 5.78 Å². The zero-order chi connectivity index (χ0) is 24.0. The molecule has 184 valence electrons. The standard InChI is InChI=1S/C30H43N3O/c1-3-17-30(31,22-24-7-5-4-6-8-24)29(34)28-11-9-26(10-12-28)27-15-20-33(21-16-27)23-25-13-18-32(2)19-14-25/h4-12,25,27H,3,13-23,31H2,1-2H3. The number of ketones is 1. The average Bonchev–Trinajstić information content (AvgIpc) is 2.86. The lowest BCUT2D eigenvalue weighted by Crippen LogP contribution is -2.49. The Labute approximate surface area is 206 Å². The van der Waals surface area contributed by atoms with Crippen molar-refractivity contribution in [2.24, 2.45) is 11.7 Å². The van der Waals surface area contributed by atoms with Crippen molar-refractivity contribution < 1.29 is 4.79 Å². The number of hydrogen-bond donors (Lipinski definition) is 1. The fraction of sp³-hybridized carbons (Fsp3) is 0.567. The smallest absolute Gasteiger partial charge is 0.182 e. The van der Waals surface area contributed by atoms with Crippen molar-refractivity contribution in [3.8, 4) is 0 Å². The molecule has 1 unspecified atom stereocenters. The lowest BCUT2D eigenvalue weighted by atomic mass is 9.80. The molecule has 34 heavy (non-hydrogen) atoms. The molecule has 2 aromatic rings. The van der Waals surface area contributed by atoms with Crippen molar-refractivity contribution in [2.45, 2.75) is 63.3 Å². The van der Waals surface area contributed by atoms with Crippen LogP contribution in [0, 0.1) is 5.92 Å². The number of piperidine rings is 2. The van der Waals surface area contributed by atoms with Gasteiger partial charge in [0.05, 0.1) is 5.54 Å². The zero-order valence-corrected chi connectivity index (χ0v) is 21.2. The lowest BCUT2D eigenvalue weighted by Gasteiger charge is -2.37. The Hall–Kier alpha value is -2.01. The Balaban J connectivity index is 1.33. The molecule has 0 bridgehead atoms. The molecule has 0 radical (unpaired) electrons. The molecule has 4 rings (SSSR count). The molecule has 4 nitrogen and oxygen atoms in total. The van der Waals surface area contributed by atoms with Crippen molar-refractivity contribution in [2.75, 3.05) is 39.8 Å². The van der Waals surface area contributed by atoms with Crippen LogP contribution in [-0.4, -0.2) is 60.9 Å². The van der Waals surface area contributed by atoms with Crippen molar-refractivity contribution >= 4 is 5.78 Å². The molecule has 2 aliphatic heterocycles. The summed E-state index contributed by atoms with van der Waals surface area (Å²) in [5.74, 6) is 1.53. The highest BCUT2D eigenvalue weighted by Crippen LogP contribution is 2.30. The van der Waals surface area contributed by atoms with Gasteiger partial charge in [-0.1, -0.05) is 67.9 Å². The van der Waals surface area contributed by atoms with Gasteiger partial charge in [0.15, 0.2) is 5.78 Å². The minimum atomic E-state index is -0.850. The van der Waals surface area contributed by atoms with Crippen LogP contribution in [0.4, 0.5) is 0 Å². The second-order valence-electron chi connectivity index (χ2n) is 10.8. The number of carbonyl (C=O) groups is 1. The predicted molar refractivity (Wildman–Crippen MR) is 141 cm³/mol. The second-order valence-corrected chi connectivity index (χ2v) is 10.8. The van der Waals surface area contributed by atoms with Crippen LogP contribution in [0.25, 0.3) is 0 Å². The molecule has 2 heterocycles. The van der Waals surface area contributed by atoms with Gasteiger partial charge in [0, 0.05) is 12.1 Å². The van der Waals surface area contributed by atoms with Crippen LogP contribution in [0.2, 0.25) is 0 Å². The Bertz CT molecular complexity index is 896. The molecule has 0 aromatic heterocycles. The number of nitrogens with two attached hydrogens (primary N) is 1. The summed E-state index contributed by atoms with van der Waals surface area (Å²) < 4.78 is 0. The van der Waals surface area contributed by atoms with Crippen LogP contribution >= 0.6 is 0 Å². The maximum absolute atomic E-state index is 13.5. The Morgan fingerprint density at radius 1 is 0.941 bits per heavy atom. The predicted octanol–water partition coefficient (Wildman–Crippen LogP) is 5.13. The van der Waals surface area contributed by atoms with E-state index in [0.717, 1.165) is 23.5 Å². The zero-order valence-electron chi connectivity index (χ0n) is 21.2. The number of likely N-dealkylation sites (tertiary alicyclic amines) is 2. The second kappa shape index (κ2) is 11.6. The maximum atomic E-state index is 13.5. The van der Waals surface area contributed by atoms with E-state index in [9.17, 15) is 4.79 Å². The molecular weight excluding hydrogens is 418 g/mol. The summed E-state index contributed by atoms with van der Waals surface area (Å²) in [6.45, 7) is 8.25. The Morgan fingerprint density at radius 2 is 1.59 bits per heavy atom. The summed E-state index contributed by atoms with van der Waals surface area (Å²) in [6, 6.07) is 18.6. The fourth-order valence-electron chi connectivity index (χ4n) is 5.94. The highest BCUT2D eigenvalue weighted by molar-refractivity contribution is 6.03. The van der Waals surface area contributed by atoms with Crippen LogP contribution < -0.4 is 5.73 Å². The topological polar surface area (TPSA) is 49.6 Å². The summed E-state index contributed by atoms with van der Waals surface area (Å²) >= 11 is 0. The van der Waals surface area contributed by atoms with Gasteiger partial charge < -0.3 is 15.5 Å². The highest BCUT2D eigenvalue weighted by Gasteiger charge is 2.34. The van der Waals surface area contributed by atoms with Crippen molar-refractivity contribution in [1.29, 1.82) is 0 Å². The maximum Gasteiger partial charge on any atom is 0.182 e. The summed E-state index contributed by atoms with van der Waals surface area (Å²) in [6.07, 6.45) is 7.28. The van der Waals surface area contributed by atoms with Crippen LogP contribution in [0.3, 0.4) is 0 Å². The van der Waals surface area contributed by atoms with E-state index in [1.807, 2.05) is 30.3 Å². The lowest BCUT2D eigenvalue weighted by molar-refractivity contribution is 0.0877. The normalized spacial score (nSPS) is 20.8.